The molecule has 4 nitrogen and oxygen atoms in total. The van der Waals surface area contributed by atoms with Crippen LogP contribution in [-0.2, 0) is 0 Å². The van der Waals surface area contributed by atoms with E-state index in [0.717, 1.165) is 0 Å². The van der Waals surface area contributed by atoms with Crippen molar-refractivity contribution in [2.45, 2.75) is 13.8 Å². The van der Waals surface area contributed by atoms with Crippen molar-refractivity contribution in [3.05, 3.63) is 48.4 Å². The molecule has 0 bridgehead atoms. The van der Waals surface area contributed by atoms with Crippen LogP contribution < -0.4 is 5.32 Å². The van der Waals surface area contributed by atoms with E-state index in [1.54, 1.807) is 18.3 Å². The normalized spacial score (nSPS) is 8.88. The predicted molar refractivity (Wildman–Crippen MR) is 64.3 cm³/mol. The molecule has 0 aliphatic carbocycles. The number of carbonyl (C=O) groups excluding carboxylic acids is 1. The zero-order valence-corrected chi connectivity index (χ0v) is 9.40. The monoisotopic (exact) mass is 217 g/mol. The molecule has 4 heteroatoms. The van der Waals surface area contributed by atoms with Gasteiger partial charge in [0.15, 0.2) is 0 Å². The Bertz CT molecular complexity index is 409. The molecule has 0 aliphatic rings. The van der Waals surface area contributed by atoms with E-state index in [4.69, 9.17) is 0 Å². The van der Waals surface area contributed by atoms with E-state index in [9.17, 15) is 4.79 Å². The molecule has 1 aromatic carbocycles. The van der Waals surface area contributed by atoms with Gasteiger partial charge in [-0.05, 0) is 12.1 Å². The van der Waals surface area contributed by atoms with E-state index < -0.39 is 0 Å². The van der Waals surface area contributed by atoms with Gasteiger partial charge in [-0.2, -0.15) is 0 Å². The molecule has 0 saturated heterocycles. The summed E-state index contributed by atoms with van der Waals surface area (Å²) in [5.74, 6) is 0.453. The maximum Gasteiger partial charge on any atom is 0.256 e. The summed E-state index contributed by atoms with van der Waals surface area (Å²) in [6.45, 7) is 4.00. The lowest BCUT2D eigenvalue weighted by Gasteiger charge is -2.00. The zero-order valence-electron chi connectivity index (χ0n) is 9.40. The summed E-state index contributed by atoms with van der Waals surface area (Å²) in [6.07, 6.45) is 3.07. The molecule has 2 aromatic rings. The fourth-order valence-electron chi connectivity index (χ4n) is 1.11. The van der Waals surface area contributed by atoms with Crippen LogP contribution in [0.1, 0.15) is 24.2 Å². The minimum absolute atomic E-state index is 0.144. The largest absolute Gasteiger partial charge is 0.331 e. The molecular weight excluding hydrogens is 202 g/mol. The van der Waals surface area contributed by atoms with Crippen molar-refractivity contribution in [1.82, 2.24) is 9.97 Å². The Hall–Kier alpha value is -2.10. The van der Waals surface area contributed by atoms with Crippen LogP contribution in [0.3, 0.4) is 0 Å². The number of nitrogens with one attached hydrogen (secondary N) is 2. The molecule has 0 spiro atoms. The van der Waals surface area contributed by atoms with Crippen molar-refractivity contribution in [3.8, 4) is 0 Å². The number of aromatic amines is 1. The number of hydrogen-bond acceptors (Lipinski definition) is 2. The van der Waals surface area contributed by atoms with Crippen LogP contribution in [0.25, 0.3) is 0 Å². The number of hydrogen-bond donors (Lipinski definition) is 2. The second-order valence-electron chi connectivity index (χ2n) is 2.79. The van der Waals surface area contributed by atoms with Crippen LogP contribution in [0.15, 0.2) is 42.9 Å². The van der Waals surface area contributed by atoms with Gasteiger partial charge in [0.1, 0.15) is 5.82 Å². The van der Waals surface area contributed by atoms with Crippen LogP contribution in [0.5, 0.6) is 0 Å². The third-order valence-corrected chi connectivity index (χ3v) is 1.78. The summed E-state index contributed by atoms with van der Waals surface area (Å²) in [6, 6.07) is 9.02. The number of rotatable bonds is 2. The third kappa shape index (κ3) is 3.24. The van der Waals surface area contributed by atoms with Crippen molar-refractivity contribution < 1.29 is 4.79 Å². The summed E-state index contributed by atoms with van der Waals surface area (Å²) in [7, 11) is 0. The van der Waals surface area contributed by atoms with Crippen molar-refractivity contribution in [3.63, 3.8) is 0 Å². The first-order valence-electron chi connectivity index (χ1n) is 5.21. The van der Waals surface area contributed by atoms with Gasteiger partial charge in [0.2, 0.25) is 0 Å². The average Bonchev–Trinajstić information content (AvgIpc) is 2.86. The summed E-state index contributed by atoms with van der Waals surface area (Å²) in [4.78, 5) is 18.1. The molecular formula is C12H15N3O. The van der Waals surface area contributed by atoms with E-state index in [-0.39, 0.29) is 5.91 Å². The maximum absolute atomic E-state index is 11.6. The first-order chi connectivity index (χ1) is 7.86. The minimum Gasteiger partial charge on any atom is -0.331 e. The Kier molecular flexibility index (Phi) is 4.79. The molecule has 1 heterocycles. The number of aromatic nitrogens is 2. The first kappa shape index (κ1) is 12.0. The van der Waals surface area contributed by atoms with Crippen LogP contribution in [-0.4, -0.2) is 15.9 Å². The first-order valence-corrected chi connectivity index (χ1v) is 5.21. The lowest BCUT2D eigenvalue weighted by Crippen LogP contribution is -2.11. The summed E-state index contributed by atoms with van der Waals surface area (Å²) in [5, 5.41) is 2.68. The highest BCUT2D eigenvalue weighted by Gasteiger charge is 2.04. The second-order valence-corrected chi connectivity index (χ2v) is 2.79. The molecule has 0 unspecified atom stereocenters. The van der Waals surface area contributed by atoms with Crippen molar-refractivity contribution in [2.75, 3.05) is 5.32 Å². The standard InChI is InChI=1S/C10H9N3O.C2H6/c14-10(8-4-2-1-3-5-8)13-9-6-11-7-12-9;1-2/h1-7H,(H,11,12)(H,13,14);1-2H3. The molecule has 2 N–H and O–H groups in total. The topological polar surface area (TPSA) is 57.8 Å². The van der Waals surface area contributed by atoms with E-state index in [1.807, 2.05) is 32.0 Å². The van der Waals surface area contributed by atoms with Gasteiger partial charge in [-0.3, -0.25) is 4.79 Å². The second kappa shape index (κ2) is 6.40. The smallest absolute Gasteiger partial charge is 0.256 e. The number of nitrogens with zero attached hydrogens (tertiary/aromatic N) is 1. The van der Waals surface area contributed by atoms with Crippen molar-refractivity contribution >= 4 is 11.7 Å². The lowest BCUT2D eigenvalue weighted by atomic mass is 10.2. The van der Waals surface area contributed by atoms with Crippen LogP contribution in [0.2, 0.25) is 0 Å². The van der Waals surface area contributed by atoms with Crippen LogP contribution >= 0.6 is 0 Å². The van der Waals surface area contributed by atoms with E-state index in [2.05, 4.69) is 15.3 Å². The van der Waals surface area contributed by atoms with E-state index in [0.29, 0.717) is 11.4 Å². The number of carbonyl (C=O) groups is 1. The maximum atomic E-state index is 11.6. The van der Waals surface area contributed by atoms with Crippen molar-refractivity contribution in [2.24, 2.45) is 0 Å². The molecule has 16 heavy (non-hydrogen) atoms. The quantitative estimate of drug-likeness (QED) is 0.812. The Morgan fingerprint density at radius 2 is 1.94 bits per heavy atom. The lowest BCUT2D eigenvalue weighted by molar-refractivity contribution is 0.102. The highest BCUT2D eigenvalue weighted by molar-refractivity contribution is 6.03. The van der Waals surface area contributed by atoms with Gasteiger partial charge >= 0.3 is 0 Å². The summed E-state index contributed by atoms with van der Waals surface area (Å²) in [5.41, 5.74) is 0.627. The number of imidazole rings is 1. The Balaban J connectivity index is 0.000000606. The predicted octanol–water partition coefficient (Wildman–Crippen LogP) is 2.69. The number of anilines is 1. The zero-order chi connectivity index (χ0) is 11.8. The molecule has 84 valence electrons. The fraction of sp³-hybridized carbons (Fsp3) is 0.167. The van der Waals surface area contributed by atoms with Gasteiger partial charge in [0.25, 0.3) is 5.91 Å². The van der Waals surface area contributed by atoms with Crippen LogP contribution in [0, 0.1) is 0 Å². The van der Waals surface area contributed by atoms with Crippen molar-refractivity contribution in [1.29, 1.82) is 0 Å². The van der Waals surface area contributed by atoms with Gasteiger partial charge < -0.3 is 10.3 Å². The molecule has 0 aliphatic heterocycles. The molecule has 0 radical (unpaired) electrons. The van der Waals surface area contributed by atoms with Gasteiger partial charge in [0, 0.05) is 5.56 Å². The third-order valence-electron chi connectivity index (χ3n) is 1.78. The summed E-state index contributed by atoms with van der Waals surface area (Å²) < 4.78 is 0. The van der Waals surface area contributed by atoms with Gasteiger partial charge in [-0.1, -0.05) is 32.0 Å². The van der Waals surface area contributed by atoms with E-state index in [1.165, 1.54) is 6.33 Å². The molecule has 1 amide bonds. The van der Waals surface area contributed by atoms with Gasteiger partial charge in [-0.15, -0.1) is 0 Å². The molecule has 0 atom stereocenters. The molecule has 0 fully saturated rings. The summed E-state index contributed by atoms with van der Waals surface area (Å²) >= 11 is 0. The molecule has 1 aromatic heterocycles. The average molecular weight is 217 g/mol. The van der Waals surface area contributed by atoms with Crippen LogP contribution in [0.4, 0.5) is 5.82 Å². The molecule has 2 rings (SSSR count). The van der Waals surface area contributed by atoms with E-state index >= 15 is 0 Å². The molecule has 0 saturated carbocycles. The SMILES string of the molecule is CC.O=C(Nc1cnc[nH]1)c1ccccc1. The highest BCUT2D eigenvalue weighted by atomic mass is 16.1. The fourth-order valence-corrected chi connectivity index (χ4v) is 1.11. The number of benzene rings is 1. The number of amides is 1. The number of H-pyrrole nitrogens is 1. The minimum atomic E-state index is -0.144. The Labute approximate surface area is 94.7 Å². The highest BCUT2D eigenvalue weighted by Crippen LogP contribution is 2.04. The Morgan fingerprint density at radius 3 is 2.50 bits per heavy atom. The van der Waals surface area contributed by atoms with Gasteiger partial charge in [0.05, 0.1) is 12.5 Å². The van der Waals surface area contributed by atoms with Gasteiger partial charge in [-0.25, -0.2) is 4.98 Å². The Morgan fingerprint density at radius 1 is 1.25 bits per heavy atom.